The normalized spacial score (nSPS) is 12.5. The topological polar surface area (TPSA) is 110 Å². The molecule has 0 fully saturated rings. The number of alkyl carbamates (subject to hydrolysis) is 1. The number of hydrogen-bond acceptors (Lipinski definition) is 7. The zero-order valence-electron chi connectivity index (χ0n) is 14.1. The van der Waals surface area contributed by atoms with Crippen molar-refractivity contribution in [1.29, 1.82) is 0 Å². The van der Waals surface area contributed by atoms with E-state index in [4.69, 9.17) is 4.74 Å². The second kappa shape index (κ2) is 7.31. The Kier molecular flexibility index (Phi) is 5.40. The van der Waals surface area contributed by atoms with Gasteiger partial charge in [0.25, 0.3) is 0 Å². The number of hydrogen-bond donors (Lipinski definition) is 2. The molecule has 1 amide bonds. The monoisotopic (exact) mass is 331 g/mol. The summed E-state index contributed by atoms with van der Waals surface area (Å²) in [5.41, 5.74) is 1.13. The molecule has 0 bridgehead atoms. The van der Waals surface area contributed by atoms with Crippen LogP contribution in [0.5, 0.6) is 0 Å². The Morgan fingerprint density at radius 2 is 1.75 bits per heavy atom. The van der Waals surface area contributed by atoms with Crippen LogP contribution in [0.4, 0.5) is 4.79 Å². The number of aromatic nitrogens is 4. The van der Waals surface area contributed by atoms with E-state index >= 15 is 0 Å². The first-order valence-corrected chi connectivity index (χ1v) is 7.56. The van der Waals surface area contributed by atoms with Crippen molar-refractivity contribution in [1.82, 2.24) is 25.7 Å². The Balaban J connectivity index is 1.96. The zero-order chi connectivity index (χ0) is 17.7. The number of rotatable bonds is 4. The van der Waals surface area contributed by atoms with Crippen molar-refractivity contribution < 1.29 is 14.6 Å². The Hall–Kier alpha value is -2.61. The fourth-order valence-corrected chi connectivity index (χ4v) is 1.78. The van der Waals surface area contributed by atoms with Crippen molar-refractivity contribution in [2.45, 2.75) is 45.9 Å². The molecule has 1 unspecified atom stereocenters. The Morgan fingerprint density at radius 3 is 2.25 bits per heavy atom. The predicted octanol–water partition coefficient (Wildman–Crippen LogP) is 2.01. The number of carbonyl (C=O) groups excluding carboxylic acids is 1. The molecular weight excluding hydrogens is 310 g/mol. The van der Waals surface area contributed by atoms with Crippen molar-refractivity contribution in [3.05, 3.63) is 35.7 Å². The van der Waals surface area contributed by atoms with Crippen LogP contribution in [0.15, 0.2) is 24.3 Å². The lowest BCUT2D eigenvalue weighted by molar-refractivity contribution is 0.0523. The van der Waals surface area contributed by atoms with Crippen LogP contribution in [0.25, 0.3) is 11.4 Å². The molecule has 2 N–H and O–H groups in total. The largest absolute Gasteiger partial charge is 0.444 e. The van der Waals surface area contributed by atoms with E-state index in [1.54, 1.807) is 6.92 Å². The van der Waals surface area contributed by atoms with E-state index in [1.807, 2.05) is 45.0 Å². The zero-order valence-corrected chi connectivity index (χ0v) is 14.1. The Bertz CT molecular complexity index is 678. The summed E-state index contributed by atoms with van der Waals surface area (Å²) in [6.45, 7) is 7.34. The molecule has 8 nitrogen and oxygen atoms in total. The number of nitrogens with one attached hydrogen (secondary N) is 1. The molecule has 1 atom stereocenters. The summed E-state index contributed by atoms with van der Waals surface area (Å²) < 4.78 is 5.18. The third-order valence-corrected chi connectivity index (χ3v) is 2.92. The van der Waals surface area contributed by atoms with Gasteiger partial charge in [-0.3, -0.25) is 0 Å². The number of amides is 1. The van der Waals surface area contributed by atoms with Crippen LogP contribution in [0.3, 0.4) is 0 Å². The fourth-order valence-electron chi connectivity index (χ4n) is 1.78. The van der Waals surface area contributed by atoms with Crippen LogP contribution in [-0.4, -0.2) is 37.2 Å². The molecule has 128 valence electrons. The first-order chi connectivity index (χ1) is 11.2. The number of benzene rings is 1. The van der Waals surface area contributed by atoms with Crippen LogP contribution in [0.2, 0.25) is 0 Å². The van der Waals surface area contributed by atoms with E-state index in [9.17, 15) is 9.90 Å². The van der Waals surface area contributed by atoms with Crippen molar-refractivity contribution >= 4 is 6.09 Å². The summed E-state index contributed by atoms with van der Waals surface area (Å²) in [5, 5.41) is 27.6. The number of aliphatic hydroxyl groups is 1. The molecule has 2 rings (SSSR count). The molecule has 0 aliphatic heterocycles. The van der Waals surface area contributed by atoms with Crippen molar-refractivity contribution in [2.75, 3.05) is 0 Å². The lowest BCUT2D eigenvalue weighted by Crippen LogP contribution is -2.32. The molecule has 1 heterocycles. The molecule has 0 saturated heterocycles. The fraction of sp³-hybridized carbons (Fsp3) is 0.438. The number of carbonyl (C=O) groups is 1. The van der Waals surface area contributed by atoms with Crippen molar-refractivity contribution in [2.24, 2.45) is 0 Å². The van der Waals surface area contributed by atoms with Gasteiger partial charge in [0.05, 0.1) is 0 Å². The summed E-state index contributed by atoms with van der Waals surface area (Å²) in [4.78, 5) is 11.6. The minimum absolute atomic E-state index is 0.178. The molecule has 0 radical (unpaired) electrons. The summed E-state index contributed by atoms with van der Waals surface area (Å²) in [6.07, 6.45) is -1.27. The molecule has 0 spiro atoms. The van der Waals surface area contributed by atoms with Gasteiger partial charge >= 0.3 is 6.09 Å². The summed E-state index contributed by atoms with van der Waals surface area (Å²) in [5.74, 6) is 0.544. The molecule has 0 aliphatic rings. The van der Waals surface area contributed by atoms with Crippen LogP contribution in [-0.2, 0) is 11.3 Å². The van der Waals surface area contributed by atoms with E-state index in [2.05, 4.69) is 25.7 Å². The van der Waals surface area contributed by atoms with E-state index in [0.29, 0.717) is 12.4 Å². The Labute approximate surface area is 140 Å². The lowest BCUT2D eigenvalue weighted by atomic mass is 10.1. The molecule has 1 aromatic carbocycles. The molecule has 24 heavy (non-hydrogen) atoms. The van der Waals surface area contributed by atoms with Crippen LogP contribution in [0.1, 0.15) is 45.2 Å². The maximum Gasteiger partial charge on any atom is 0.407 e. The molecule has 0 aliphatic carbocycles. The van der Waals surface area contributed by atoms with Crippen molar-refractivity contribution in [3.63, 3.8) is 0 Å². The maximum atomic E-state index is 11.6. The molecule has 1 aromatic heterocycles. The lowest BCUT2D eigenvalue weighted by Gasteiger charge is -2.19. The molecule has 2 aromatic rings. The van der Waals surface area contributed by atoms with Crippen molar-refractivity contribution in [3.8, 4) is 11.4 Å². The average molecular weight is 331 g/mol. The van der Waals surface area contributed by atoms with E-state index in [0.717, 1.165) is 11.1 Å². The summed E-state index contributed by atoms with van der Waals surface area (Å²) >= 11 is 0. The minimum atomic E-state index is -0.805. The Morgan fingerprint density at radius 1 is 1.17 bits per heavy atom. The molecule has 0 saturated carbocycles. The summed E-state index contributed by atoms with van der Waals surface area (Å²) in [7, 11) is 0. The minimum Gasteiger partial charge on any atom is -0.444 e. The second-order valence-electron chi connectivity index (χ2n) is 6.31. The number of ether oxygens (including phenoxy) is 1. The molecular formula is C16H21N5O3. The van der Waals surface area contributed by atoms with Gasteiger partial charge in [0.1, 0.15) is 11.7 Å². The van der Waals surface area contributed by atoms with Gasteiger partial charge in [0.15, 0.2) is 0 Å². The van der Waals surface area contributed by atoms with E-state index < -0.39 is 17.8 Å². The van der Waals surface area contributed by atoms with Crippen LogP contribution >= 0.6 is 0 Å². The highest BCUT2D eigenvalue weighted by Gasteiger charge is 2.15. The number of aliphatic hydroxyl groups excluding tert-OH is 1. The van der Waals surface area contributed by atoms with Gasteiger partial charge in [0.2, 0.25) is 11.6 Å². The molecule has 8 heteroatoms. The average Bonchev–Trinajstić information content (AvgIpc) is 2.52. The maximum absolute atomic E-state index is 11.6. The predicted molar refractivity (Wildman–Crippen MR) is 86.8 cm³/mol. The van der Waals surface area contributed by atoms with Crippen LogP contribution < -0.4 is 5.32 Å². The smallest absolute Gasteiger partial charge is 0.407 e. The van der Waals surface area contributed by atoms with E-state index in [-0.39, 0.29) is 5.82 Å². The van der Waals surface area contributed by atoms with Crippen LogP contribution in [0, 0.1) is 0 Å². The standard InChI is InChI=1S/C16H21N5O3/c1-10(22)13-18-20-14(21-19-13)12-7-5-11(6-8-12)9-17-15(23)24-16(2,3)4/h5-8,10,22H,9H2,1-4H3,(H,17,23). The highest BCUT2D eigenvalue weighted by Crippen LogP contribution is 2.15. The highest BCUT2D eigenvalue weighted by molar-refractivity contribution is 5.67. The SMILES string of the molecule is CC(O)c1nnc(-c2ccc(CNC(=O)OC(C)(C)C)cc2)nn1. The second-order valence-corrected chi connectivity index (χ2v) is 6.31. The van der Waals surface area contributed by atoms with Gasteiger partial charge in [-0.15, -0.1) is 20.4 Å². The van der Waals surface area contributed by atoms with Gasteiger partial charge in [-0.1, -0.05) is 24.3 Å². The number of nitrogens with zero attached hydrogens (tertiary/aromatic N) is 4. The van der Waals surface area contributed by atoms with Gasteiger partial charge in [-0.2, -0.15) is 0 Å². The first kappa shape index (κ1) is 17.7. The summed E-state index contributed by atoms with van der Waals surface area (Å²) in [6, 6.07) is 7.32. The van der Waals surface area contributed by atoms with Gasteiger partial charge in [0, 0.05) is 12.1 Å². The quantitative estimate of drug-likeness (QED) is 0.881. The third kappa shape index (κ3) is 5.24. The van der Waals surface area contributed by atoms with Gasteiger partial charge < -0.3 is 15.2 Å². The van der Waals surface area contributed by atoms with Gasteiger partial charge in [-0.05, 0) is 33.3 Å². The highest BCUT2D eigenvalue weighted by atomic mass is 16.6. The third-order valence-electron chi connectivity index (χ3n) is 2.92. The first-order valence-electron chi connectivity index (χ1n) is 7.56. The van der Waals surface area contributed by atoms with Gasteiger partial charge in [-0.25, -0.2) is 4.79 Å². The van der Waals surface area contributed by atoms with E-state index in [1.165, 1.54) is 0 Å².